The van der Waals surface area contributed by atoms with E-state index in [1.165, 1.54) is 4.31 Å². The van der Waals surface area contributed by atoms with Gasteiger partial charge in [-0.3, -0.25) is 4.79 Å². The van der Waals surface area contributed by atoms with E-state index in [0.717, 1.165) is 25.7 Å². The molecule has 100 valence electrons. The van der Waals surface area contributed by atoms with Crippen LogP contribution in [0.4, 0.5) is 0 Å². The number of carbonyl (C=O) groups excluding carboxylic acids is 1. The molecule has 0 atom stereocenters. The second-order valence-corrected chi connectivity index (χ2v) is 6.27. The van der Waals surface area contributed by atoms with E-state index in [0.29, 0.717) is 19.7 Å². The minimum absolute atomic E-state index is 0.0489. The van der Waals surface area contributed by atoms with Gasteiger partial charge in [0.2, 0.25) is 10.0 Å². The van der Waals surface area contributed by atoms with Crippen molar-refractivity contribution in [3.05, 3.63) is 0 Å². The molecule has 1 fully saturated rings. The Kier molecular flexibility index (Phi) is 5.91. The molecule has 1 heterocycles. The van der Waals surface area contributed by atoms with Crippen LogP contribution in [0.15, 0.2) is 0 Å². The zero-order valence-corrected chi connectivity index (χ0v) is 11.2. The average Bonchev–Trinajstić information content (AvgIpc) is 2.56. The summed E-state index contributed by atoms with van der Waals surface area (Å²) in [7, 11) is -3.29. The molecule has 0 radical (unpaired) electrons. The molecule has 0 aromatic heterocycles. The smallest absolute Gasteiger partial charge is 0.306 e. The fourth-order valence-corrected chi connectivity index (χ4v) is 3.39. The van der Waals surface area contributed by atoms with E-state index in [1.807, 2.05) is 0 Å². The van der Waals surface area contributed by atoms with Gasteiger partial charge in [0.15, 0.2) is 0 Å². The zero-order chi connectivity index (χ0) is 12.7. The molecule has 0 bridgehead atoms. The van der Waals surface area contributed by atoms with E-state index >= 15 is 0 Å². The van der Waals surface area contributed by atoms with Crippen molar-refractivity contribution in [3.8, 4) is 0 Å². The molecule has 1 aliphatic rings. The number of hydrogen-bond donors (Lipinski definition) is 0. The lowest BCUT2D eigenvalue weighted by atomic mass is 10.2. The van der Waals surface area contributed by atoms with Crippen molar-refractivity contribution in [1.29, 1.82) is 0 Å². The molecule has 0 amide bonds. The quantitative estimate of drug-likeness (QED) is 0.698. The predicted molar refractivity (Wildman–Crippen MR) is 65.1 cm³/mol. The van der Waals surface area contributed by atoms with Crippen molar-refractivity contribution in [1.82, 2.24) is 4.31 Å². The first-order valence-corrected chi connectivity index (χ1v) is 7.80. The first-order chi connectivity index (χ1) is 8.06. The second-order valence-electron chi connectivity index (χ2n) is 4.18. The molecule has 0 unspecified atom stereocenters. The highest BCUT2D eigenvalue weighted by atomic mass is 32.2. The zero-order valence-electron chi connectivity index (χ0n) is 10.4. The molecule has 0 saturated carbocycles. The van der Waals surface area contributed by atoms with Gasteiger partial charge in [-0.15, -0.1) is 0 Å². The number of ether oxygens (including phenoxy) is 1. The van der Waals surface area contributed by atoms with Gasteiger partial charge in [-0.2, -0.15) is 0 Å². The monoisotopic (exact) mass is 263 g/mol. The van der Waals surface area contributed by atoms with E-state index in [2.05, 4.69) is 0 Å². The summed E-state index contributed by atoms with van der Waals surface area (Å²) in [5, 5.41) is 0. The predicted octanol–water partition coefficient (Wildman–Crippen LogP) is 1.15. The number of hydrogen-bond acceptors (Lipinski definition) is 4. The third-order valence-corrected chi connectivity index (χ3v) is 4.70. The van der Waals surface area contributed by atoms with Crippen LogP contribution < -0.4 is 0 Å². The lowest BCUT2D eigenvalue weighted by molar-refractivity contribution is -0.142. The first-order valence-electron chi connectivity index (χ1n) is 6.19. The Bertz CT molecular complexity index is 331. The fraction of sp³-hybridized carbons (Fsp3) is 0.909. The van der Waals surface area contributed by atoms with Crippen molar-refractivity contribution < 1.29 is 17.9 Å². The normalized spacial score (nSPS) is 18.6. The van der Waals surface area contributed by atoms with Crippen LogP contribution in [0, 0.1) is 0 Å². The number of carbonyl (C=O) groups is 1. The Morgan fingerprint density at radius 3 is 2.29 bits per heavy atom. The van der Waals surface area contributed by atoms with Crippen molar-refractivity contribution in [2.45, 2.75) is 39.0 Å². The molecule has 17 heavy (non-hydrogen) atoms. The summed E-state index contributed by atoms with van der Waals surface area (Å²) < 4.78 is 30.2. The highest BCUT2D eigenvalue weighted by molar-refractivity contribution is 7.89. The molecule has 0 aromatic rings. The topological polar surface area (TPSA) is 63.7 Å². The summed E-state index contributed by atoms with van der Waals surface area (Å²) in [5.41, 5.74) is 0. The summed E-state index contributed by atoms with van der Waals surface area (Å²) in [6.07, 6.45) is 3.96. The highest BCUT2D eigenvalue weighted by Crippen LogP contribution is 2.14. The van der Waals surface area contributed by atoms with Gasteiger partial charge < -0.3 is 4.74 Å². The molecule has 0 aliphatic carbocycles. The van der Waals surface area contributed by atoms with Crippen LogP contribution in [0.3, 0.4) is 0 Å². The number of rotatable bonds is 5. The molecule has 6 heteroatoms. The summed E-state index contributed by atoms with van der Waals surface area (Å²) in [6, 6.07) is 0. The first kappa shape index (κ1) is 14.4. The standard InChI is InChI=1S/C11H21NO4S/c1-2-16-11(13)7-10-17(14,15)12-8-5-3-4-6-9-12/h2-10H2,1H3. The Morgan fingerprint density at radius 2 is 1.76 bits per heavy atom. The molecular weight excluding hydrogens is 242 g/mol. The van der Waals surface area contributed by atoms with Gasteiger partial charge in [0.1, 0.15) is 0 Å². The van der Waals surface area contributed by atoms with E-state index in [-0.39, 0.29) is 12.2 Å². The van der Waals surface area contributed by atoms with Crippen LogP contribution >= 0.6 is 0 Å². The Hall–Kier alpha value is -0.620. The maximum Gasteiger partial charge on any atom is 0.306 e. The third-order valence-electron chi connectivity index (χ3n) is 2.83. The summed E-state index contributed by atoms with van der Waals surface area (Å²) >= 11 is 0. The lowest BCUT2D eigenvalue weighted by Crippen LogP contribution is -2.34. The molecule has 0 N–H and O–H groups in total. The summed E-state index contributed by atoms with van der Waals surface area (Å²) in [6.45, 7) is 3.18. The Morgan fingerprint density at radius 1 is 1.18 bits per heavy atom. The van der Waals surface area contributed by atoms with Crippen LogP contribution in [-0.2, 0) is 19.6 Å². The van der Waals surface area contributed by atoms with Gasteiger partial charge in [-0.1, -0.05) is 12.8 Å². The summed E-state index contributed by atoms with van der Waals surface area (Å²) in [4.78, 5) is 11.1. The Balaban J connectivity index is 2.46. The highest BCUT2D eigenvalue weighted by Gasteiger charge is 2.23. The van der Waals surface area contributed by atoms with Gasteiger partial charge in [0.25, 0.3) is 0 Å². The molecule has 0 spiro atoms. The van der Waals surface area contributed by atoms with Crippen LogP contribution in [0.5, 0.6) is 0 Å². The van der Waals surface area contributed by atoms with Gasteiger partial charge in [0.05, 0.1) is 18.8 Å². The minimum Gasteiger partial charge on any atom is -0.466 e. The van der Waals surface area contributed by atoms with Crippen molar-refractivity contribution >= 4 is 16.0 Å². The van der Waals surface area contributed by atoms with Crippen LogP contribution in [0.1, 0.15) is 39.0 Å². The SMILES string of the molecule is CCOC(=O)CCS(=O)(=O)N1CCCCCC1. The minimum atomic E-state index is -3.29. The fourth-order valence-electron chi connectivity index (χ4n) is 1.89. The van der Waals surface area contributed by atoms with E-state index in [4.69, 9.17) is 4.74 Å². The Labute approximate surface area is 103 Å². The largest absolute Gasteiger partial charge is 0.466 e. The average molecular weight is 263 g/mol. The number of esters is 1. The molecule has 1 saturated heterocycles. The molecule has 1 rings (SSSR count). The molecule has 0 aromatic carbocycles. The van der Waals surface area contributed by atoms with Crippen molar-refractivity contribution in [2.75, 3.05) is 25.4 Å². The van der Waals surface area contributed by atoms with Crippen molar-refractivity contribution in [3.63, 3.8) is 0 Å². The maximum absolute atomic E-state index is 12.0. The van der Waals surface area contributed by atoms with Gasteiger partial charge in [-0.05, 0) is 19.8 Å². The number of nitrogens with zero attached hydrogens (tertiary/aromatic N) is 1. The van der Waals surface area contributed by atoms with Gasteiger partial charge >= 0.3 is 5.97 Å². The van der Waals surface area contributed by atoms with Crippen molar-refractivity contribution in [2.24, 2.45) is 0 Å². The van der Waals surface area contributed by atoms with E-state index in [9.17, 15) is 13.2 Å². The molecule has 1 aliphatic heterocycles. The van der Waals surface area contributed by atoms with Crippen LogP contribution in [0.25, 0.3) is 0 Å². The molecule has 5 nitrogen and oxygen atoms in total. The molecular formula is C11H21NO4S. The summed E-state index contributed by atoms with van der Waals surface area (Å²) in [5.74, 6) is -0.572. The van der Waals surface area contributed by atoms with Gasteiger partial charge in [0, 0.05) is 13.1 Å². The lowest BCUT2D eigenvalue weighted by Gasteiger charge is -2.19. The number of sulfonamides is 1. The van der Waals surface area contributed by atoms with Crippen LogP contribution in [-0.4, -0.2) is 44.1 Å². The van der Waals surface area contributed by atoms with Crippen LogP contribution in [0.2, 0.25) is 0 Å². The maximum atomic E-state index is 12.0. The van der Waals surface area contributed by atoms with E-state index < -0.39 is 16.0 Å². The second kappa shape index (κ2) is 6.96. The van der Waals surface area contributed by atoms with E-state index in [1.54, 1.807) is 6.92 Å². The third kappa shape index (κ3) is 5.04. The van der Waals surface area contributed by atoms with Gasteiger partial charge in [-0.25, -0.2) is 12.7 Å².